The number of benzene rings is 10. The van der Waals surface area contributed by atoms with E-state index in [2.05, 4.69) is 223 Å². The van der Waals surface area contributed by atoms with Gasteiger partial charge in [-0.15, -0.1) is 0 Å². The highest BCUT2D eigenvalue weighted by Crippen LogP contribution is 2.48. The molecule has 12 rings (SSSR count). The molecule has 3 nitrogen and oxygen atoms in total. The molecule has 1 aromatic heterocycles. The lowest BCUT2D eigenvalue weighted by molar-refractivity contribution is 0.669. The van der Waals surface area contributed by atoms with Crippen LogP contribution in [0.15, 0.2) is 211 Å². The van der Waals surface area contributed by atoms with Gasteiger partial charge in [-0.05, 0) is 121 Å². The van der Waals surface area contributed by atoms with Crippen molar-refractivity contribution in [3.8, 4) is 11.1 Å². The summed E-state index contributed by atoms with van der Waals surface area (Å²) >= 11 is 0. The number of rotatable bonds is 6. The van der Waals surface area contributed by atoms with Gasteiger partial charge in [0.25, 0.3) is 0 Å². The molecular weight excluding hydrogens is 745 g/mol. The average molecular weight is 785 g/mol. The first-order valence-corrected chi connectivity index (χ1v) is 23.8. The molecule has 0 spiro atoms. The maximum Gasteiger partial charge on any atom is 0.159 e. The smallest absolute Gasteiger partial charge is 0.159 e. The van der Waals surface area contributed by atoms with Crippen molar-refractivity contribution in [1.29, 1.82) is 0 Å². The molecule has 1 aliphatic heterocycles. The zero-order valence-corrected chi connectivity index (χ0v) is 34.4. The van der Waals surface area contributed by atoms with Gasteiger partial charge in [-0.3, -0.25) is 0 Å². The van der Waals surface area contributed by atoms with Gasteiger partial charge in [0, 0.05) is 38.9 Å². The van der Waals surface area contributed by atoms with Gasteiger partial charge in [0.2, 0.25) is 0 Å². The predicted octanol–water partition coefficient (Wildman–Crippen LogP) is 14.8. The van der Waals surface area contributed by atoms with Crippen molar-refractivity contribution >= 4 is 107 Å². The Morgan fingerprint density at radius 1 is 0.350 bits per heavy atom. The van der Waals surface area contributed by atoms with E-state index in [1.54, 1.807) is 0 Å². The van der Waals surface area contributed by atoms with E-state index >= 15 is 0 Å². The molecule has 0 atom stereocenters. The second-order valence-electron chi connectivity index (χ2n) is 16.5. The van der Waals surface area contributed by atoms with Gasteiger partial charge >= 0.3 is 0 Å². The molecule has 60 heavy (non-hydrogen) atoms. The van der Waals surface area contributed by atoms with Crippen molar-refractivity contribution in [3.05, 3.63) is 206 Å². The first kappa shape index (κ1) is 34.6. The highest BCUT2D eigenvalue weighted by molar-refractivity contribution is 7.03. The first-order chi connectivity index (χ1) is 29.5. The molecular formula is C56H40N2OSi. The van der Waals surface area contributed by atoms with Crippen LogP contribution in [0.4, 0.5) is 34.1 Å². The van der Waals surface area contributed by atoms with Crippen LogP contribution in [-0.4, -0.2) is 8.07 Å². The minimum absolute atomic E-state index is 0.880. The van der Waals surface area contributed by atoms with Gasteiger partial charge in [0.15, 0.2) is 5.58 Å². The molecule has 0 amide bonds. The summed E-state index contributed by atoms with van der Waals surface area (Å²) in [7, 11) is -2.22. The fourth-order valence-corrected chi connectivity index (χ4v) is 13.1. The van der Waals surface area contributed by atoms with Crippen LogP contribution in [0.25, 0.3) is 65.4 Å². The fourth-order valence-electron chi connectivity index (χ4n) is 10.0. The Bertz CT molecular complexity index is 3430. The molecule has 0 saturated carbocycles. The lowest BCUT2D eigenvalue weighted by Crippen LogP contribution is -2.56. The Balaban J connectivity index is 1.12. The third-order valence-electron chi connectivity index (χ3n) is 12.8. The third-order valence-corrected chi connectivity index (χ3v) is 16.3. The summed E-state index contributed by atoms with van der Waals surface area (Å²) in [6.07, 6.45) is 0. The van der Waals surface area contributed by atoms with Gasteiger partial charge in [0.1, 0.15) is 13.7 Å². The summed E-state index contributed by atoms with van der Waals surface area (Å²) in [5.41, 5.74) is 11.1. The van der Waals surface area contributed by atoms with Crippen LogP contribution in [-0.2, 0) is 0 Å². The lowest BCUT2D eigenvalue weighted by Gasteiger charge is -2.36. The zero-order valence-electron chi connectivity index (χ0n) is 33.4. The Hall–Kier alpha value is -7.40. The van der Waals surface area contributed by atoms with Crippen LogP contribution in [0, 0.1) is 0 Å². The summed E-state index contributed by atoms with van der Waals surface area (Å²) in [5.74, 6) is 0. The Morgan fingerprint density at radius 2 is 0.917 bits per heavy atom. The van der Waals surface area contributed by atoms with Gasteiger partial charge in [-0.1, -0.05) is 147 Å². The fraction of sp³-hybridized carbons (Fsp3) is 0.0357. The molecule has 0 aliphatic carbocycles. The summed E-state index contributed by atoms with van der Waals surface area (Å²) in [4.78, 5) is 4.79. The van der Waals surface area contributed by atoms with Crippen LogP contribution in [0.5, 0.6) is 0 Å². The SMILES string of the molecule is C[Si]1(C)c2cc(N(c3ccccc3)c3ccccc3)ccc2-c2cc3c4ccccc4c(N(c4ccccc4)c4cccc5c4oc4ccccc45)cc3c3cccc1c23. The van der Waals surface area contributed by atoms with Crippen molar-refractivity contribution in [3.63, 3.8) is 0 Å². The van der Waals surface area contributed by atoms with E-state index in [4.69, 9.17) is 4.42 Å². The molecule has 0 radical (unpaired) electrons. The van der Waals surface area contributed by atoms with Crippen LogP contribution in [0.3, 0.4) is 0 Å². The number of para-hydroxylation sites is 5. The minimum atomic E-state index is -2.22. The van der Waals surface area contributed by atoms with Crippen molar-refractivity contribution in [2.75, 3.05) is 9.80 Å². The second kappa shape index (κ2) is 13.3. The number of nitrogens with zero attached hydrogens (tertiary/aromatic N) is 2. The average Bonchev–Trinajstić information content (AvgIpc) is 3.69. The zero-order chi connectivity index (χ0) is 40.0. The van der Waals surface area contributed by atoms with E-state index in [9.17, 15) is 0 Å². The topological polar surface area (TPSA) is 19.6 Å². The summed E-state index contributed by atoms with van der Waals surface area (Å²) in [5, 5.41) is 12.8. The van der Waals surface area contributed by atoms with Crippen molar-refractivity contribution in [1.82, 2.24) is 0 Å². The van der Waals surface area contributed by atoms with E-state index < -0.39 is 8.07 Å². The molecule has 10 aromatic carbocycles. The maximum absolute atomic E-state index is 6.72. The van der Waals surface area contributed by atoms with Gasteiger partial charge in [-0.25, -0.2) is 0 Å². The summed E-state index contributed by atoms with van der Waals surface area (Å²) < 4.78 is 6.72. The largest absolute Gasteiger partial charge is 0.454 e. The number of anilines is 6. The number of hydrogen-bond acceptors (Lipinski definition) is 3. The quantitative estimate of drug-likeness (QED) is 0.124. The molecule has 0 unspecified atom stereocenters. The molecule has 0 saturated heterocycles. The second-order valence-corrected chi connectivity index (χ2v) is 20.8. The molecule has 0 bridgehead atoms. The highest BCUT2D eigenvalue weighted by atomic mass is 28.3. The summed E-state index contributed by atoms with van der Waals surface area (Å²) in [6.45, 7) is 5.06. The molecule has 11 aromatic rings. The molecule has 0 N–H and O–H groups in total. The van der Waals surface area contributed by atoms with Gasteiger partial charge in [-0.2, -0.15) is 0 Å². The van der Waals surface area contributed by atoms with E-state index in [1.807, 2.05) is 6.07 Å². The van der Waals surface area contributed by atoms with Crippen LogP contribution < -0.4 is 20.2 Å². The van der Waals surface area contributed by atoms with Crippen molar-refractivity contribution < 1.29 is 4.42 Å². The Morgan fingerprint density at radius 3 is 1.63 bits per heavy atom. The van der Waals surface area contributed by atoms with Gasteiger partial charge in [0.05, 0.1) is 11.4 Å². The number of furan rings is 1. The Labute approximate surface area is 350 Å². The molecule has 0 fully saturated rings. The molecule has 284 valence electrons. The van der Waals surface area contributed by atoms with Crippen LogP contribution >= 0.6 is 0 Å². The third kappa shape index (κ3) is 5.14. The standard InChI is InChI=1S/C56H40N2OSi/c1-60(2)53-31-17-27-45-48-36-51(58(39-22-10-5-11-23-39)50-29-16-28-46-43-26-14-15-30-52(43)59-56(46)50)42-25-13-12-24-41(42)47(48)35-49(55(45)53)44-33-32-40(34-54(44)60)57(37-18-6-3-7-19-37)38-20-8-4-9-21-38/h3-36H,1-2H3. The van der Waals surface area contributed by atoms with Crippen LogP contribution in [0.1, 0.15) is 0 Å². The molecule has 1 aliphatic rings. The minimum Gasteiger partial charge on any atom is -0.454 e. The monoisotopic (exact) mass is 784 g/mol. The van der Waals surface area contributed by atoms with E-state index in [1.165, 1.54) is 59.5 Å². The highest BCUT2D eigenvalue weighted by Gasteiger charge is 2.37. The predicted molar refractivity (Wildman–Crippen MR) is 258 cm³/mol. The van der Waals surface area contributed by atoms with Crippen molar-refractivity contribution in [2.45, 2.75) is 13.1 Å². The molecule has 2 heterocycles. The maximum atomic E-state index is 6.72. The number of hydrogen-bond donors (Lipinski definition) is 0. The van der Waals surface area contributed by atoms with E-state index in [0.29, 0.717) is 0 Å². The van der Waals surface area contributed by atoms with Crippen LogP contribution in [0.2, 0.25) is 13.1 Å². The van der Waals surface area contributed by atoms with E-state index in [0.717, 1.165) is 50.4 Å². The van der Waals surface area contributed by atoms with E-state index in [-0.39, 0.29) is 0 Å². The van der Waals surface area contributed by atoms with Gasteiger partial charge < -0.3 is 14.2 Å². The van der Waals surface area contributed by atoms with Crippen molar-refractivity contribution in [2.24, 2.45) is 0 Å². The lowest BCUT2D eigenvalue weighted by atomic mass is 9.89. The molecule has 4 heteroatoms. The Kier molecular flexibility index (Phi) is 7.68. The first-order valence-electron chi connectivity index (χ1n) is 20.8. The normalized spacial score (nSPS) is 13.0. The summed E-state index contributed by atoms with van der Waals surface area (Å²) in [6, 6.07) is 75.2. The number of fused-ring (bicyclic) bond motifs is 9.